The highest BCUT2D eigenvalue weighted by Gasteiger charge is 2.06. The highest BCUT2D eigenvalue weighted by molar-refractivity contribution is 6.68. The zero-order valence-electron chi connectivity index (χ0n) is 5.44. The number of hydrogen-bond donors (Lipinski definition) is 2. The molecule has 0 fully saturated rings. The molecule has 54 valence electrons. The molecule has 2 N–H and O–H groups in total. The van der Waals surface area contributed by atoms with E-state index in [0.717, 1.165) is 5.69 Å². The summed E-state index contributed by atoms with van der Waals surface area (Å²) in [4.78, 5) is 0. The van der Waals surface area contributed by atoms with Gasteiger partial charge in [-0.1, -0.05) is 11.6 Å². The van der Waals surface area contributed by atoms with E-state index in [0.29, 0.717) is 5.76 Å². The topological polar surface area (TPSA) is 49.0 Å². The summed E-state index contributed by atoms with van der Waals surface area (Å²) >= 11 is 5.38. The molecule has 0 aliphatic heterocycles. The van der Waals surface area contributed by atoms with Crippen LogP contribution in [0.25, 0.3) is 0 Å². The monoisotopic (exact) mass is 158 g/mol. The summed E-state index contributed by atoms with van der Waals surface area (Å²) in [5.41, 5.74) is 0.736. The van der Waals surface area contributed by atoms with E-state index in [1.807, 2.05) is 0 Å². The van der Waals surface area contributed by atoms with Crippen molar-refractivity contribution < 1.29 is 4.42 Å². The first kappa shape index (κ1) is 7.15. The second kappa shape index (κ2) is 2.75. The molecular weight excluding hydrogens is 152 g/mol. The standard InChI is InChI=1S/C6H7ClN2O/c1-9-4-2-3-10-5(4)6(7)8/h2-3,8-9H,1H3. The van der Waals surface area contributed by atoms with Gasteiger partial charge in [-0.3, -0.25) is 5.41 Å². The Morgan fingerprint density at radius 2 is 2.50 bits per heavy atom. The summed E-state index contributed by atoms with van der Waals surface area (Å²) in [6.45, 7) is 0. The van der Waals surface area contributed by atoms with Gasteiger partial charge in [-0.25, -0.2) is 0 Å². The van der Waals surface area contributed by atoms with Crippen LogP contribution < -0.4 is 5.32 Å². The summed E-state index contributed by atoms with van der Waals surface area (Å²) in [6, 6.07) is 1.71. The Bertz CT molecular complexity index is 244. The lowest BCUT2D eigenvalue weighted by Gasteiger charge is -1.95. The van der Waals surface area contributed by atoms with E-state index in [1.165, 1.54) is 6.26 Å². The fraction of sp³-hybridized carbons (Fsp3) is 0.167. The van der Waals surface area contributed by atoms with Crippen LogP contribution in [0, 0.1) is 5.41 Å². The lowest BCUT2D eigenvalue weighted by Crippen LogP contribution is -1.93. The second-order valence-electron chi connectivity index (χ2n) is 1.73. The van der Waals surface area contributed by atoms with Gasteiger partial charge >= 0.3 is 0 Å². The summed E-state index contributed by atoms with van der Waals surface area (Å²) in [5.74, 6) is 0.379. The number of nitrogens with one attached hydrogen (secondary N) is 2. The number of halogens is 1. The van der Waals surface area contributed by atoms with Crippen LogP contribution in [0.1, 0.15) is 5.76 Å². The predicted octanol–water partition coefficient (Wildman–Crippen LogP) is 1.89. The zero-order chi connectivity index (χ0) is 7.56. The first-order chi connectivity index (χ1) is 4.75. The lowest BCUT2D eigenvalue weighted by molar-refractivity contribution is 0.559. The Kier molecular flexibility index (Phi) is 1.97. The third-order valence-electron chi connectivity index (χ3n) is 1.13. The maximum atomic E-state index is 7.03. The summed E-state index contributed by atoms with van der Waals surface area (Å²) < 4.78 is 4.90. The predicted molar refractivity (Wildman–Crippen MR) is 40.9 cm³/mol. The second-order valence-corrected chi connectivity index (χ2v) is 2.11. The minimum Gasteiger partial charge on any atom is -0.460 e. The molecule has 0 amide bonds. The Morgan fingerprint density at radius 1 is 1.80 bits per heavy atom. The molecule has 0 aliphatic carbocycles. The first-order valence-electron chi connectivity index (χ1n) is 2.75. The van der Waals surface area contributed by atoms with Crippen LogP contribution in [0.3, 0.4) is 0 Å². The molecule has 3 nitrogen and oxygen atoms in total. The third kappa shape index (κ3) is 1.14. The molecule has 0 atom stereocenters. The van der Waals surface area contributed by atoms with E-state index in [4.69, 9.17) is 21.4 Å². The summed E-state index contributed by atoms with van der Waals surface area (Å²) in [7, 11) is 1.74. The molecule has 1 rings (SSSR count). The average Bonchev–Trinajstić information content (AvgIpc) is 2.33. The minimum absolute atomic E-state index is 0.0886. The molecule has 0 bridgehead atoms. The van der Waals surface area contributed by atoms with E-state index < -0.39 is 0 Å². The molecule has 0 saturated carbocycles. The molecule has 0 radical (unpaired) electrons. The van der Waals surface area contributed by atoms with Crippen LogP contribution in [0.4, 0.5) is 5.69 Å². The average molecular weight is 159 g/mol. The van der Waals surface area contributed by atoms with Gasteiger partial charge in [0, 0.05) is 13.1 Å². The quantitative estimate of drug-likeness (QED) is 0.646. The van der Waals surface area contributed by atoms with Crippen LogP contribution >= 0.6 is 11.6 Å². The van der Waals surface area contributed by atoms with Crippen LogP contribution in [0.5, 0.6) is 0 Å². The molecule has 1 heterocycles. The number of rotatable bonds is 2. The number of hydrogen-bond acceptors (Lipinski definition) is 3. The van der Waals surface area contributed by atoms with Crippen molar-refractivity contribution in [2.75, 3.05) is 12.4 Å². The molecular formula is C6H7ClN2O. The Labute approximate surface area is 63.5 Å². The van der Waals surface area contributed by atoms with E-state index in [-0.39, 0.29) is 5.17 Å². The zero-order valence-corrected chi connectivity index (χ0v) is 6.20. The smallest absolute Gasteiger partial charge is 0.186 e. The lowest BCUT2D eigenvalue weighted by atomic mass is 10.4. The van der Waals surface area contributed by atoms with Gasteiger partial charge < -0.3 is 9.73 Å². The van der Waals surface area contributed by atoms with Crippen molar-refractivity contribution in [3.05, 3.63) is 18.1 Å². The molecule has 0 unspecified atom stereocenters. The highest BCUT2D eigenvalue weighted by Crippen LogP contribution is 2.17. The van der Waals surface area contributed by atoms with E-state index in [1.54, 1.807) is 13.1 Å². The summed E-state index contributed by atoms with van der Waals surface area (Å²) in [6.07, 6.45) is 1.48. The van der Waals surface area contributed by atoms with Gasteiger partial charge in [0.1, 0.15) is 0 Å². The van der Waals surface area contributed by atoms with E-state index >= 15 is 0 Å². The van der Waals surface area contributed by atoms with Crippen molar-refractivity contribution in [1.82, 2.24) is 0 Å². The van der Waals surface area contributed by atoms with Gasteiger partial charge in [0.15, 0.2) is 10.9 Å². The van der Waals surface area contributed by atoms with Gasteiger partial charge in [0.2, 0.25) is 0 Å². The normalized spacial score (nSPS) is 9.40. The van der Waals surface area contributed by atoms with Crippen molar-refractivity contribution in [2.24, 2.45) is 0 Å². The molecule has 0 spiro atoms. The molecule has 0 saturated heterocycles. The van der Waals surface area contributed by atoms with Crippen molar-refractivity contribution >= 4 is 22.5 Å². The van der Waals surface area contributed by atoms with Gasteiger partial charge in [-0.15, -0.1) is 0 Å². The van der Waals surface area contributed by atoms with Crippen LogP contribution in [0.2, 0.25) is 0 Å². The maximum Gasteiger partial charge on any atom is 0.186 e. The Hall–Kier alpha value is -0.960. The van der Waals surface area contributed by atoms with Gasteiger partial charge in [-0.05, 0) is 0 Å². The van der Waals surface area contributed by atoms with Crippen LogP contribution in [0.15, 0.2) is 16.7 Å². The maximum absolute atomic E-state index is 7.03. The molecule has 1 aromatic rings. The van der Waals surface area contributed by atoms with E-state index in [2.05, 4.69) is 5.32 Å². The third-order valence-corrected chi connectivity index (χ3v) is 1.31. The van der Waals surface area contributed by atoms with Crippen LogP contribution in [-0.2, 0) is 0 Å². The fourth-order valence-corrected chi connectivity index (χ4v) is 0.822. The first-order valence-corrected chi connectivity index (χ1v) is 3.13. The van der Waals surface area contributed by atoms with E-state index in [9.17, 15) is 0 Å². The number of furan rings is 1. The van der Waals surface area contributed by atoms with Crippen molar-refractivity contribution in [1.29, 1.82) is 5.41 Å². The molecule has 0 aliphatic rings. The largest absolute Gasteiger partial charge is 0.460 e. The van der Waals surface area contributed by atoms with Gasteiger partial charge in [0.05, 0.1) is 12.0 Å². The molecule has 0 aromatic carbocycles. The molecule has 4 heteroatoms. The van der Waals surface area contributed by atoms with Gasteiger partial charge in [0.25, 0.3) is 0 Å². The van der Waals surface area contributed by atoms with Crippen molar-refractivity contribution in [3.63, 3.8) is 0 Å². The molecule has 10 heavy (non-hydrogen) atoms. The van der Waals surface area contributed by atoms with Crippen molar-refractivity contribution in [2.45, 2.75) is 0 Å². The van der Waals surface area contributed by atoms with Crippen molar-refractivity contribution in [3.8, 4) is 0 Å². The minimum atomic E-state index is -0.0886. The Balaban J connectivity index is 3.01. The fourth-order valence-electron chi connectivity index (χ4n) is 0.676. The summed E-state index contributed by atoms with van der Waals surface area (Å²) in [5, 5.41) is 9.78. The van der Waals surface area contributed by atoms with Gasteiger partial charge in [-0.2, -0.15) is 0 Å². The molecule has 1 aromatic heterocycles. The highest BCUT2D eigenvalue weighted by atomic mass is 35.5. The SMILES string of the molecule is CNc1ccoc1C(=N)Cl. The number of anilines is 1. The Morgan fingerprint density at radius 3 is 2.90 bits per heavy atom. The van der Waals surface area contributed by atoms with Crippen LogP contribution in [-0.4, -0.2) is 12.2 Å².